The number of nitrogens with one attached hydrogen (secondary N) is 1. The molecule has 0 bridgehead atoms. The lowest BCUT2D eigenvalue weighted by Crippen LogP contribution is -2.27. The van der Waals surface area contributed by atoms with E-state index in [-0.39, 0.29) is 6.04 Å². The lowest BCUT2D eigenvalue weighted by atomic mass is 10.2. The number of aromatic nitrogens is 2. The van der Waals surface area contributed by atoms with Crippen LogP contribution in [0.1, 0.15) is 51.8 Å². The second-order valence-corrected chi connectivity index (χ2v) is 4.43. The minimum atomic E-state index is 0.161. The van der Waals surface area contributed by atoms with Crippen LogP contribution < -0.4 is 5.32 Å². The van der Waals surface area contributed by atoms with Crippen molar-refractivity contribution in [1.82, 2.24) is 15.1 Å². The monoisotopic (exact) mass is 233 g/mol. The molecule has 1 N–H and O–H groups in total. The Bertz CT molecular complexity index is 362. The minimum absolute atomic E-state index is 0.161. The SMILES string of the molecule is C#CC(CCC)NCc1ccn(C(C)CC)n1. The Morgan fingerprint density at radius 2 is 2.29 bits per heavy atom. The molecule has 0 aliphatic rings. The van der Waals surface area contributed by atoms with Crippen molar-refractivity contribution in [3.8, 4) is 12.3 Å². The first kappa shape index (κ1) is 13.8. The van der Waals surface area contributed by atoms with Crippen molar-refractivity contribution in [3.05, 3.63) is 18.0 Å². The predicted molar refractivity (Wildman–Crippen MR) is 71.6 cm³/mol. The van der Waals surface area contributed by atoms with E-state index in [4.69, 9.17) is 6.42 Å². The maximum atomic E-state index is 5.46. The van der Waals surface area contributed by atoms with Gasteiger partial charge in [-0.15, -0.1) is 6.42 Å². The Kier molecular flexibility index (Phi) is 5.79. The summed E-state index contributed by atoms with van der Waals surface area (Å²) in [5.41, 5.74) is 1.06. The molecule has 0 aliphatic carbocycles. The van der Waals surface area contributed by atoms with Crippen LogP contribution in [0, 0.1) is 12.3 Å². The van der Waals surface area contributed by atoms with Gasteiger partial charge in [-0.1, -0.05) is 26.2 Å². The van der Waals surface area contributed by atoms with Crippen LogP contribution in [0.2, 0.25) is 0 Å². The second kappa shape index (κ2) is 7.13. The van der Waals surface area contributed by atoms with Gasteiger partial charge in [-0.2, -0.15) is 5.10 Å². The van der Waals surface area contributed by atoms with Crippen molar-refractivity contribution in [2.45, 2.75) is 58.7 Å². The standard InChI is InChI=1S/C14H23N3/c1-5-8-13(7-3)15-11-14-9-10-17(16-14)12(4)6-2/h3,9-10,12-13,15H,5-6,8,11H2,1-2,4H3. The molecule has 0 spiro atoms. The largest absolute Gasteiger partial charge is 0.298 e. The van der Waals surface area contributed by atoms with E-state index in [0.29, 0.717) is 6.04 Å². The first-order valence-electron chi connectivity index (χ1n) is 6.44. The van der Waals surface area contributed by atoms with E-state index in [9.17, 15) is 0 Å². The van der Waals surface area contributed by atoms with E-state index in [0.717, 1.165) is 31.5 Å². The molecule has 1 rings (SSSR count). The molecule has 0 saturated carbocycles. The molecule has 2 atom stereocenters. The van der Waals surface area contributed by atoms with Gasteiger partial charge in [0.2, 0.25) is 0 Å². The maximum Gasteiger partial charge on any atom is 0.0762 e. The normalized spacial score (nSPS) is 14.2. The molecule has 0 saturated heterocycles. The van der Waals surface area contributed by atoms with E-state index in [1.54, 1.807) is 0 Å². The highest BCUT2D eigenvalue weighted by Gasteiger charge is 2.06. The van der Waals surface area contributed by atoms with Gasteiger partial charge < -0.3 is 0 Å². The zero-order valence-corrected chi connectivity index (χ0v) is 11.1. The minimum Gasteiger partial charge on any atom is -0.298 e. The van der Waals surface area contributed by atoms with Crippen LogP contribution in [0.5, 0.6) is 0 Å². The van der Waals surface area contributed by atoms with Gasteiger partial charge in [-0.3, -0.25) is 10.00 Å². The van der Waals surface area contributed by atoms with E-state index >= 15 is 0 Å². The van der Waals surface area contributed by atoms with Crippen LogP contribution in [0.4, 0.5) is 0 Å². The van der Waals surface area contributed by atoms with Crippen LogP contribution in [-0.4, -0.2) is 15.8 Å². The van der Waals surface area contributed by atoms with Crippen molar-refractivity contribution >= 4 is 0 Å². The third-order valence-electron chi connectivity index (χ3n) is 3.01. The number of terminal acetylenes is 1. The van der Waals surface area contributed by atoms with Gasteiger partial charge in [0.15, 0.2) is 0 Å². The fourth-order valence-corrected chi connectivity index (χ4v) is 1.66. The van der Waals surface area contributed by atoms with E-state index in [2.05, 4.69) is 43.2 Å². The zero-order valence-electron chi connectivity index (χ0n) is 11.1. The van der Waals surface area contributed by atoms with Gasteiger partial charge >= 0.3 is 0 Å². The summed E-state index contributed by atoms with van der Waals surface area (Å²) in [7, 11) is 0. The summed E-state index contributed by atoms with van der Waals surface area (Å²) in [6, 6.07) is 2.68. The summed E-state index contributed by atoms with van der Waals surface area (Å²) in [5, 5.41) is 7.88. The molecular formula is C14H23N3. The molecule has 1 heterocycles. The predicted octanol–water partition coefficient (Wildman–Crippen LogP) is 2.75. The Labute approximate surface area is 105 Å². The highest BCUT2D eigenvalue weighted by Crippen LogP contribution is 2.09. The molecule has 1 aromatic rings. The summed E-state index contributed by atoms with van der Waals surface area (Å²) >= 11 is 0. The van der Waals surface area contributed by atoms with E-state index in [1.807, 2.05) is 10.9 Å². The van der Waals surface area contributed by atoms with Crippen LogP contribution >= 0.6 is 0 Å². The molecule has 1 aromatic heterocycles. The van der Waals surface area contributed by atoms with E-state index in [1.165, 1.54) is 0 Å². The number of hydrogen-bond acceptors (Lipinski definition) is 2. The first-order chi connectivity index (χ1) is 8.21. The molecule has 17 heavy (non-hydrogen) atoms. The highest BCUT2D eigenvalue weighted by atomic mass is 15.3. The Balaban J connectivity index is 2.47. The van der Waals surface area contributed by atoms with Gasteiger partial charge in [0.25, 0.3) is 0 Å². The van der Waals surface area contributed by atoms with Crippen molar-refractivity contribution in [2.24, 2.45) is 0 Å². The van der Waals surface area contributed by atoms with Crippen molar-refractivity contribution in [3.63, 3.8) is 0 Å². The maximum absolute atomic E-state index is 5.46. The van der Waals surface area contributed by atoms with Gasteiger partial charge in [0, 0.05) is 18.8 Å². The average Bonchev–Trinajstić information content (AvgIpc) is 2.82. The van der Waals surface area contributed by atoms with Crippen LogP contribution in [0.25, 0.3) is 0 Å². The molecule has 0 aliphatic heterocycles. The number of rotatable bonds is 7. The summed E-state index contributed by atoms with van der Waals surface area (Å²) in [6.07, 6.45) is 10.7. The molecule has 2 unspecified atom stereocenters. The van der Waals surface area contributed by atoms with Crippen LogP contribution in [0.3, 0.4) is 0 Å². The molecule has 0 radical (unpaired) electrons. The topological polar surface area (TPSA) is 29.9 Å². The van der Waals surface area contributed by atoms with Gasteiger partial charge in [-0.05, 0) is 25.8 Å². The molecule has 3 heteroatoms. The third-order valence-corrected chi connectivity index (χ3v) is 3.01. The van der Waals surface area contributed by atoms with Crippen LogP contribution in [0.15, 0.2) is 12.3 Å². The Morgan fingerprint density at radius 1 is 1.53 bits per heavy atom. The smallest absolute Gasteiger partial charge is 0.0762 e. The number of nitrogens with zero attached hydrogens (tertiary/aromatic N) is 2. The Morgan fingerprint density at radius 3 is 2.88 bits per heavy atom. The van der Waals surface area contributed by atoms with Gasteiger partial charge in [0.05, 0.1) is 11.7 Å². The molecule has 0 aromatic carbocycles. The summed E-state index contributed by atoms with van der Waals surface area (Å²) < 4.78 is 2.02. The summed E-state index contributed by atoms with van der Waals surface area (Å²) in [5.74, 6) is 2.77. The quantitative estimate of drug-likeness (QED) is 0.734. The Hall–Kier alpha value is -1.27. The first-order valence-corrected chi connectivity index (χ1v) is 6.44. The van der Waals surface area contributed by atoms with Crippen molar-refractivity contribution < 1.29 is 0 Å². The van der Waals surface area contributed by atoms with Gasteiger partial charge in [0.1, 0.15) is 0 Å². The van der Waals surface area contributed by atoms with Crippen molar-refractivity contribution in [2.75, 3.05) is 0 Å². The second-order valence-electron chi connectivity index (χ2n) is 4.43. The summed E-state index contributed by atoms with van der Waals surface area (Å²) in [6.45, 7) is 7.23. The average molecular weight is 233 g/mol. The molecule has 3 nitrogen and oxygen atoms in total. The molecule has 94 valence electrons. The number of hydrogen-bond donors (Lipinski definition) is 1. The van der Waals surface area contributed by atoms with Crippen LogP contribution in [-0.2, 0) is 6.54 Å². The fraction of sp³-hybridized carbons (Fsp3) is 0.643. The fourth-order valence-electron chi connectivity index (χ4n) is 1.66. The lowest BCUT2D eigenvalue weighted by Gasteiger charge is -2.11. The zero-order chi connectivity index (χ0) is 12.7. The molecule has 0 fully saturated rings. The van der Waals surface area contributed by atoms with E-state index < -0.39 is 0 Å². The van der Waals surface area contributed by atoms with Gasteiger partial charge in [-0.25, -0.2) is 0 Å². The summed E-state index contributed by atoms with van der Waals surface area (Å²) in [4.78, 5) is 0. The molecular weight excluding hydrogens is 210 g/mol. The lowest BCUT2D eigenvalue weighted by molar-refractivity contribution is 0.468. The highest BCUT2D eigenvalue weighted by molar-refractivity contribution is 5.03. The molecule has 0 amide bonds. The van der Waals surface area contributed by atoms with Crippen molar-refractivity contribution in [1.29, 1.82) is 0 Å². The third kappa shape index (κ3) is 4.24.